The fourth-order valence-electron chi connectivity index (χ4n) is 5.21. The van der Waals surface area contributed by atoms with Crippen LogP contribution in [0.2, 0.25) is 0 Å². The molecule has 0 saturated carbocycles. The van der Waals surface area contributed by atoms with E-state index >= 15 is 0 Å². The molecule has 3 aromatic carbocycles. The monoisotopic (exact) mass is 459 g/mol. The Hall–Kier alpha value is -2.54. The summed E-state index contributed by atoms with van der Waals surface area (Å²) < 4.78 is 19.2. The molecular weight excluding hydrogens is 426 g/mol. The minimum atomic E-state index is -0.348. The third-order valence-electron chi connectivity index (χ3n) is 6.84. The van der Waals surface area contributed by atoms with Crippen molar-refractivity contribution in [3.05, 3.63) is 108 Å². The Morgan fingerprint density at radius 2 is 1.18 bits per heavy atom. The summed E-state index contributed by atoms with van der Waals surface area (Å²) in [5.41, 5.74) is 3.43. The molecule has 2 aliphatic rings. The van der Waals surface area contributed by atoms with Gasteiger partial charge in [-0.2, -0.15) is 0 Å². The van der Waals surface area contributed by atoms with Crippen LogP contribution in [0.3, 0.4) is 0 Å². The number of aliphatic hydroxyl groups excluding tert-OH is 1. The average Bonchev–Trinajstić information content (AvgIpc) is 3.38. The van der Waals surface area contributed by atoms with Gasteiger partial charge in [-0.1, -0.05) is 91.0 Å². The van der Waals surface area contributed by atoms with E-state index in [0.29, 0.717) is 39.4 Å². The summed E-state index contributed by atoms with van der Waals surface area (Å²) in [5, 5.41) is 10.5. The lowest BCUT2D eigenvalue weighted by atomic mass is 10.0. The molecule has 5 heteroatoms. The first-order valence-electron chi connectivity index (χ1n) is 12.1. The van der Waals surface area contributed by atoms with Crippen LogP contribution >= 0.6 is 0 Å². The van der Waals surface area contributed by atoms with E-state index in [1.807, 2.05) is 54.6 Å². The molecule has 34 heavy (non-hydrogen) atoms. The van der Waals surface area contributed by atoms with Crippen molar-refractivity contribution in [1.29, 1.82) is 0 Å². The largest absolute Gasteiger partial charge is 0.392 e. The molecule has 2 fully saturated rings. The van der Waals surface area contributed by atoms with Crippen LogP contribution in [0, 0.1) is 0 Å². The normalized spacial score (nSPS) is 26.6. The van der Waals surface area contributed by atoms with Gasteiger partial charge in [-0.25, -0.2) is 0 Å². The van der Waals surface area contributed by atoms with E-state index in [0.717, 1.165) is 16.7 Å². The van der Waals surface area contributed by atoms with E-state index in [2.05, 4.69) is 41.3 Å². The van der Waals surface area contributed by atoms with Crippen LogP contribution in [0.1, 0.15) is 23.1 Å². The standard InChI is InChI=1S/C29H33NO4/c31-25-16-26-28(33-19-23-12-6-2-7-13-23)29(34-20-24-14-8-3-9-15-24)27(30(26)17-25)21-32-18-22-10-4-1-5-11-22/h1-15,25-29,31H,16-21H2/t25-,26-,27-,28-,29-/m0/s1. The van der Waals surface area contributed by atoms with Crippen LogP contribution in [0.4, 0.5) is 0 Å². The zero-order chi connectivity index (χ0) is 23.2. The molecule has 0 spiro atoms. The third-order valence-corrected chi connectivity index (χ3v) is 6.84. The van der Waals surface area contributed by atoms with E-state index in [9.17, 15) is 5.11 Å². The van der Waals surface area contributed by atoms with Gasteiger partial charge in [0.2, 0.25) is 0 Å². The van der Waals surface area contributed by atoms with E-state index in [1.165, 1.54) is 0 Å². The average molecular weight is 460 g/mol. The van der Waals surface area contributed by atoms with E-state index in [4.69, 9.17) is 14.2 Å². The summed E-state index contributed by atoms with van der Waals surface area (Å²) in [4.78, 5) is 2.35. The predicted molar refractivity (Wildman–Crippen MR) is 131 cm³/mol. The topological polar surface area (TPSA) is 51.2 Å². The minimum absolute atomic E-state index is 0.0235. The quantitative estimate of drug-likeness (QED) is 0.493. The van der Waals surface area contributed by atoms with Gasteiger partial charge in [-0.05, 0) is 23.1 Å². The Morgan fingerprint density at radius 3 is 1.74 bits per heavy atom. The molecule has 178 valence electrons. The molecule has 0 aliphatic carbocycles. The highest BCUT2D eigenvalue weighted by Crippen LogP contribution is 2.38. The van der Waals surface area contributed by atoms with Crippen LogP contribution in [-0.4, -0.2) is 53.6 Å². The number of nitrogens with zero attached hydrogens (tertiary/aromatic N) is 1. The second-order valence-electron chi connectivity index (χ2n) is 9.24. The lowest BCUT2D eigenvalue weighted by molar-refractivity contribution is -0.0901. The van der Waals surface area contributed by atoms with Crippen molar-refractivity contribution in [1.82, 2.24) is 4.90 Å². The van der Waals surface area contributed by atoms with Gasteiger partial charge in [0.25, 0.3) is 0 Å². The maximum absolute atomic E-state index is 10.5. The van der Waals surface area contributed by atoms with Crippen molar-refractivity contribution in [3.8, 4) is 0 Å². The zero-order valence-electron chi connectivity index (χ0n) is 19.4. The van der Waals surface area contributed by atoms with Gasteiger partial charge in [0.15, 0.2) is 0 Å². The molecule has 2 heterocycles. The summed E-state index contributed by atoms with van der Waals surface area (Å²) in [7, 11) is 0. The fraction of sp³-hybridized carbons (Fsp3) is 0.379. The number of ether oxygens (including phenoxy) is 3. The summed E-state index contributed by atoms with van der Waals surface area (Å²) in [5.74, 6) is 0. The van der Waals surface area contributed by atoms with Gasteiger partial charge < -0.3 is 19.3 Å². The number of hydrogen-bond acceptors (Lipinski definition) is 5. The second-order valence-corrected chi connectivity index (χ2v) is 9.24. The maximum Gasteiger partial charge on any atom is 0.103 e. The van der Waals surface area contributed by atoms with Crippen LogP contribution in [0.25, 0.3) is 0 Å². The van der Waals surface area contributed by atoms with Crippen LogP contribution in [0.15, 0.2) is 91.0 Å². The number of hydrogen-bond donors (Lipinski definition) is 1. The Labute approximate surface area is 201 Å². The first-order valence-corrected chi connectivity index (χ1v) is 12.1. The summed E-state index contributed by atoms with van der Waals surface area (Å²) in [6, 6.07) is 30.8. The van der Waals surface area contributed by atoms with Gasteiger partial charge >= 0.3 is 0 Å². The van der Waals surface area contributed by atoms with Gasteiger partial charge in [0, 0.05) is 12.6 Å². The van der Waals surface area contributed by atoms with Gasteiger partial charge in [-0.15, -0.1) is 0 Å². The highest BCUT2D eigenvalue weighted by molar-refractivity contribution is 5.16. The van der Waals surface area contributed by atoms with Crippen molar-refractivity contribution in [2.24, 2.45) is 0 Å². The first kappa shape index (κ1) is 23.2. The first-order chi connectivity index (χ1) is 16.8. The van der Waals surface area contributed by atoms with Gasteiger partial charge in [0.1, 0.15) is 12.2 Å². The highest BCUT2D eigenvalue weighted by Gasteiger charge is 2.54. The minimum Gasteiger partial charge on any atom is -0.392 e. The van der Waals surface area contributed by atoms with Crippen LogP contribution < -0.4 is 0 Å². The van der Waals surface area contributed by atoms with Crippen molar-refractivity contribution in [3.63, 3.8) is 0 Å². The summed E-state index contributed by atoms with van der Waals surface area (Å²) in [6.07, 6.45) is 0.0722. The van der Waals surface area contributed by atoms with Crippen molar-refractivity contribution >= 4 is 0 Å². The van der Waals surface area contributed by atoms with Crippen molar-refractivity contribution in [2.75, 3.05) is 13.2 Å². The molecular formula is C29H33NO4. The van der Waals surface area contributed by atoms with Crippen molar-refractivity contribution < 1.29 is 19.3 Å². The van der Waals surface area contributed by atoms with Crippen LogP contribution in [0.5, 0.6) is 0 Å². The number of fused-ring (bicyclic) bond motifs is 1. The van der Waals surface area contributed by atoms with Gasteiger partial charge in [-0.3, -0.25) is 4.90 Å². The van der Waals surface area contributed by atoms with Crippen LogP contribution in [-0.2, 0) is 34.0 Å². The molecule has 5 atom stereocenters. The molecule has 0 aromatic heterocycles. The highest BCUT2D eigenvalue weighted by atomic mass is 16.5. The Kier molecular flexibility index (Phi) is 7.69. The lowest BCUT2D eigenvalue weighted by Crippen LogP contribution is -2.43. The lowest BCUT2D eigenvalue weighted by Gasteiger charge is -2.28. The molecule has 2 aliphatic heterocycles. The molecule has 0 unspecified atom stereocenters. The second kappa shape index (κ2) is 11.3. The fourth-order valence-corrected chi connectivity index (χ4v) is 5.21. The number of aliphatic hydroxyl groups is 1. The predicted octanol–water partition coefficient (Wildman–Crippen LogP) is 4.19. The van der Waals surface area contributed by atoms with E-state index in [-0.39, 0.29) is 30.4 Å². The van der Waals surface area contributed by atoms with Crippen molar-refractivity contribution in [2.45, 2.75) is 56.6 Å². The third kappa shape index (κ3) is 5.57. The van der Waals surface area contributed by atoms with E-state index < -0.39 is 0 Å². The Morgan fingerprint density at radius 1 is 0.676 bits per heavy atom. The summed E-state index contributed by atoms with van der Waals surface area (Å²) in [6.45, 7) is 2.76. The molecule has 1 N–H and O–H groups in total. The molecule has 0 radical (unpaired) electrons. The Bertz CT molecular complexity index is 1000. The SMILES string of the molecule is O[C@H]1C[C@H]2[C@H](OCc3ccccc3)[C@@H](OCc3ccccc3)[C@H](COCc3ccccc3)N2C1. The Balaban J connectivity index is 1.32. The number of rotatable bonds is 10. The molecule has 0 bridgehead atoms. The summed E-state index contributed by atoms with van der Waals surface area (Å²) >= 11 is 0. The zero-order valence-corrected chi connectivity index (χ0v) is 19.4. The maximum atomic E-state index is 10.5. The number of benzene rings is 3. The molecule has 3 aromatic rings. The van der Waals surface area contributed by atoms with Gasteiger partial charge in [0.05, 0.1) is 38.6 Å². The smallest absolute Gasteiger partial charge is 0.103 e. The molecule has 0 amide bonds. The molecule has 5 nitrogen and oxygen atoms in total. The molecule has 5 rings (SSSR count). The van der Waals surface area contributed by atoms with E-state index in [1.54, 1.807) is 0 Å². The molecule has 2 saturated heterocycles.